The summed E-state index contributed by atoms with van der Waals surface area (Å²) in [7, 11) is 0. The van der Waals surface area contributed by atoms with E-state index in [9.17, 15) is 9.90 Å². The van der Waals surface area contributed by atoms with Crippen molar-refractivity contribution in [1.29, 1.82) is 0 Å². The van der Waals surface area contributed by atoms with E-state index in [1.54, 1.807) is 0 Å². The minimum Gasteiger partial charge on any atom is -0.367 e. The molecule has 0 aromatic heterocycles. The molecule has 0 radical (unpaired) electrons. The molecule has 1 heterocycles. The van der Waals surface area contributed by atoms with Crippen LogP contribution in [0.1, 0.15) is 34.1 Å². The van der Waals surface area contributed by atoms with Crippen molar-refractivity contribution in [1.82, 2.24) is 0 Å². The van der Waals surface area contributed by atoms with E-state index in [-0.39, 0.29) is 12.4 Å². The van der Waals surface area contributed by atoms with Gasteiger partial charge >= 0.3 is 0 Å². The van der Waals surface area contributed by atoms with Gasteiger partial charge in [-0.3, -0.25) is 4.79 Å². The van der Waals surface area contributed by atoms with E-state index < -0.39 is 11.7 Å². The van der Waals surface area contributed by atoms with E-state index in [0.717, 1.165) is 12.0 Å². The van der Waals surface area contributed by atoms with Gasteiger partial charge in [-0.05, 0) is 20.3 Å². The molecule has 80 valence electrons. The molecule has 3 heteroatoms. The second kappa shape index (κ2) is 3.83. The van der Waals surface area contributed by atoms with Crippen molar-refractivity contribution < 1.29 is 14.6 Å². The molecule has 0 saturated heterocycles. The summed E-state index contributed by atoms with van der Waals surface area (Å²) in [5.74, 6) is 0.0362. The summed E-state index contributed by atoms with van der Waals surface area (Å²) in [5, 5.41) is 9.73. The monoisotopic (exact) mass is 198 g/mol. The molecule has 1 aliphatic rings. The zero-order valence-corrected chi connectivity index (χ0v) is 9.26. The lowest BCUT2D eigenvalue weighted by atomic mass is 9.75. The summed E-state index contributed by atoms with van der Waals surface area (Å²) in [6.07, 6.45) is -0.0350. The van der Waals surface area contributed by atoms with E-state index in [4.69, 9.17) is 4.74 Å². The molecule has 0 amide bonds. The lowest BCUT2D eigenvalue weighted by Gasteiger charge is -2.39. The number of rotatable bonds is 2. The summed E-state index contributed by atoms with van der Waals surface area (Å²) in [4.78, 5) is 11.3. The van der Waals surface area contributed by atoms with Gasteiger partial charge in [0.1, 0.15) is 0 Å². The normalized spacial score (nSPS) is 33.4. The number of hydrogen-bond donors (Lipinski definition) is 1. The molecule has 0 spiro atoms. The Labute approximate surface area is 84.8 Å². The highest BCUT2D eigenvalue weighted by molar-refractivity contribution is 5.94. The number of aliphatic hydroxyl groups excluding tert-OH is 1. The molecule has 1 rings (SSSR count). The molecule has 1 unspecified atom stereocenters. The maximum absolute atomic E-state index is 11.3. The smallest absolute Gasteiger partial charge is 0.164 e. The molecular formula is C11H18O3. The van der Waals surface area contributed by atoms with Gasteiger partial charge in [-0.1, -0.05) is 19.4 Å². The number of carbonyl (C=O) groups is 1. The molecule has 0 aromatic carbocycles. The Kier molecular flexibility index (Phi) is 3.12. The summed E-state index contributed by atoms with van der Waals surface area (Å²) in [5.41, 5.74) is 1.25. The van der Waals surface area contributed by atoms with Crippen molar-refractivity contribution in [3.05, 3.63) is 11.1 Å². The van der Waals surface area contributed by atoms with Gasteiger partial charge in [-0.25, -0.2) is 0 Å². The Bertz CT molecular complexity index is 280. The molecule has 0 bridgehead atoms. The maximum Gasteiger partial charge on any atom is 0.164 e. The Morgan fingerprint density at radius 1 is 1.71 bits per heavy atom. The standard InChI is InChI=1S/C11H18O3/c1-5-11(4)7(2)9(8(3)12)6-14-10(11)13/h10,13H,5-6H2,1-4H3/t10?,11-/m1/s1. The van der Waals surface area contributed by atoms with Crippen molar-refractivity contribution in [2.24, 2.45) is 5.41 Å². The third-order valence-corrected chi connectivity index (χ3v) is 3.40. The Morgan fingerprint density at radius 3 is 2.71 bits per heavy atom. The van der Waals surface area contributed by atoms with Gasteiger partial charge in [-0.2, -0.15) is 0 Å². The van der Waals surface area contributed by atoms with Gasteiger partial charge in [0.2, 0.25) is 0 Å². The second-order valence-electron chi connectivity index (χ2n) is 4.09. The predicted octanol–water partition coefficient (Wildman–Crippen LogP) is 1.66. The second-order valence-corrected chi connectivity index (χ2v) is 4.09. The van der Waals surface area contributed by atoms with Gasteiger partial charge in [-0.15, -0.1) is 0 Å². The molecule has 1 N–H and O–H groups in total. The summed E-state index contributed by atoms with van der Waals surface area (Å²) < 4.78 is 5.21. The van der Waals surface area contributed by atoms with Gasteiger partial charge in [0, 0.05) is 11.0 Å². The van der Waals surface area contributed by atoms with E-state index in [1.807, 2.05) is 20.8 Å². The zero-order chi connectivity index (χ0) is 10.9. The van der Waals surface area contributed by atoms with Crippen LogP contribution in [-0.4, -0.2) is 23.8 Å². The van der Waals surface area contributed by atoms with Crippen molar-refractivity contribution in [3.8, 4) is 0 Å². The molecule has 0 aromatic rings. The maximum atomic E-state index is 11.3. The Hall–Kier alpha value is -0.670. The van der Waals surface area contributed by atoms with Crippen molar-refractivity contribution >= 4 is 5.78 Å². The molecular weight excluding hydrogens is 180 g/mol. The molecule has 3 nitrogen and oxygen atoms in total. The van der Waals surface area contributed by atoms with Crippen LogP contribution in [0.15, 0.2) is 11.1 Å². The topological polar surface area (TPSA) is 46.5 Å². The third kappa shape index (κ3) is 1.62. The molecule has 0 aliphatic carbocycles. The van der Waals surface area contributed by atoms with Crippen LogP contribution in [0.25, 0.3) is 0 Å². The van der Waals surface area contributed by atoms with Gasteiger partial charge in [0.15, 0.2) is 12.1 Å². The van der Waals surface area contributed by atoms with Gasteiger partial charge in [0.25, 0.3) is 0 Å². The number of carbonyl (C=O) groups excluding carboxylic acids is 1. The van der Waals surface area contributed by atoms with Crippen LogP contribution < -0.4 is 0 Å². The van der Waals surface area contributed by atoms with Crippen LogP contribution in [-0.2, 0) is 9.53 Å². The molecule has 1 aliphatic heterocycles. The van der Waals surface area contributed by atoms with Crippen molar-refractivity contribution in [2.75, 3.05) is 6.61 Å². The molecule has 0 saturated carbocycles. The first-order valence-corrected chi connectivity index (χ1v) is 4.94. The Morgan fingerprint density at radius 2 is 2.29 bits per heavy atom. The average molecular weight is 198 g/mol. The first-order chi connectivity index (χ1) is 6.43. The number of ketones is 1. The first kappa shape index (κ1) is 11.4. The van der Waals surface area contributed by atoms with E-state index >= 15 is 0 Å². The average Bonchev–Trinajstić information content (AvgIpc) is 2.14. The SMILES string of the molecule is CC[C@]1(C)C(C)=C(C(C)=O)COC1O. The van der Waals surface area contributed by atoms with Gasteiger partial charge < -0.3 is 9.84 Å². The third-order valence-electron chi connectivity index (χ3n) is 3.40. The van der Waals surface area contributed by atoms with Gasteiger partial charge in [0.05, 0.1) is 6.61 Å². The summed E-state index contributed by atoms with van der Waals surface area (Å²) >= 11 is 0. The highest BCUT2D eigenvalue weighted by Gasteiger charge is 2.39. The van der Waals surface area contributed by atoms with Crippen LogP contribution in [0.4, 0.5) is 0 Å². The van der Waals surface area contributed by atoms with Crippen LogP contribution in [0.2, 0.25) is 0 Å². The fraction of sp³-hybridized carbons (Fsp3) is 0.727. The first-order valence-electron chi connectivity index (χ1n) is 4.94. The van der Waals surface area contributed by atoms with E-state index in [2.05, 4.69) is 0 Å². The predicted molar refractivity (Wildman–Crippen MR) is 53.7 cm³/mol. The zero-order valence-electron chi connectivity index (χ0n) is 9.26. The highest BCUT2D eigenvalue weighted by Crippen LogP contribution is 2.40. The molecule has 2 atom stereocenters. The largest absolute Gasteiger partial charge is 0.367 e. The molecule has 0 fully saturated rings. The lowest BCUT2D eigenvalue weighted by Crippen LogP contribution is -2.41. The highest BCUT2D eigenvalue weighted by atomic mass is 16.6. The fourth-order valence-electron chi connectivity index (χ4n) is 1.79. The molecule has 14 heavy (non-hydrogen) atoms. The van der Waals surface area contributed by atoms with E-state index in [1.165, 1.54) is 6.92 Å². The summed E-state index contributed by atoms with van der Waals surface area (Å²) in [6.45, 7) is 7.59. The van der Waals surface area contributed by atoms with Crippen LogP contribution >= 0.6 is 0 Å². The van der Waals surface area contributed by atoms with E-state index in [0.29, 0.717) is 5.57 Å². The minimum atomic E-state index is -0.796. The van der Waals surface area contributed by atoms with Crippen LogP contribution in [0.5, 0.6) is 0 Å². The van der Waals surface area contributed by atoms with Crippen LogP contribution in [0, 0.1) is 5.41 Å². The van der Waals surface area contributed by atoms with Crippen molar-refractivity contribution in [3.63, 3.8) is 0 Å². The minimum absolute atomic E-state index is 0.0362. The number of Topliss-reactive ketones (excluding diaryl/α,β-unsaturated/α-hetero) is 1. The Balaban J connectivity index is 3.15. The number of aliphatic hydroxyl groups is 1. The lowest BCUT2D eigenvalue weighted by molar-refractivity contribution is -0.164. The van der Waals surface area contributed by atoms with Crippen molar-refractivity contribution in [2.45, 2.75) is 40.4 Å². The number of ether oxygens (including phenoxy) is 1. The number of hydrogen-bond acceptors (Lipinski definition) is 3. The summed E-state index contributed by atoms with van der Waals surface area (Å²) in [6, 6.07) is 0. The fourth-order valence-corrected chi connectivity index (χ4v) is 1.79. The van der Waals surface area contributed by atoms with Crippen LogP contribution in [0.3, 0.4) is 0 Å². The quantitative estimate of drug-likeness (QED) is 0.734.